The molecule has 24 heavy (non-hydrogen) atoms. The molecule has 0 radical (unpaired) electrons. The lowest BCUT2D eigenvalue weighted by atomic mass is 10.2. The Morgan fingerprint density at radius 3 is 2.62 bits per heavy atom. The predicted octanol–water partition coefficient (Wildman–Crippen LogP) is 5.62. The molecular formula is C18H15ClFN3S. The number of nitrogens with zero attached hydrogens (tertiary/aromatic N) is 2. The number of halogens is 2. The fraction of sp³-hybridized carbons (Fsp3) is 0.111. The van der Waals surface area contributed by atoms with Gasteiger partial charge in [-0.1, -0.05) is 59.8 Å². The molecule has 0 bridgehead atoms. The van der Waals surface area contributed by atoms with E-state index in [1.54, 1.807) is 12.1 Å². The highest BCUT2D eigenvalue weighted by atomic mass is 35.5. The summed E-state index contributed by atoms with van der Waals surface area (Å²) >= 11 is 7.75. The standard InChI is InChI=1S/C18H15ClFN3S/c1-12(15-4-2-3-5-16(15)19)24-18-21-17(22-23-18)11-8-13-6-9-14(20)10-7-13/h2-12H,1H3,(H,21,22,23). The second kappa shape index (κ2) is 7.64. The van der Waals surface area contributed by atoms with Crippen LogP contribution in [0.1, 0.15) is 29.1 Å². The van der Waals surface area contributed by atoms with Crippen molar-refractivity contribution in [1.29, 1.82) is 0 Å². The second-order valence-electron chi connectivity index (χ2n) is 5.17. The van der Waals surface area contributed by atoms with E-state index in [0.717, 1.165) is 16.1 Å². The van der Waals surface area contributed by atoms with Crippen LogP contribution in [0.4, 0.5) is 4.39 Å². The quantitative estimate of drug-likeness (QED) is 0.601. The van der Waals surface area contributed by atoms with Crippen LogP contribution in [0.5, 0.6) is 0 Å². The van der Waals surface area contributed by atoms with E-state index in [0.29, 0.717) is 11.0 Å². The van der Waals surface area contributed by atoms with Crippen LogP contribution in [0.15, 0.2) is 53.7 Å². The van der Waals surface area contributed by atoms with Crippen molar-refractivity contribution in [3.05, 3.63) is 76.3 Å². The molecule has 0 spiro atoms. The first-order valence-electron chi connectivity index (χ1n) is 7.39. The number of H-pyrrole nitrogens is 1. The molecule has 3 rings (SSSR count). The van der Waals surface area contributed by atoms with Gasteiger partial charge in [0.2, 0.25) is 5.16 Å². The number of aromatic nitrogens is 3. The van der Waals surface area contributed by atoms with E-state index in [9.17, 15) is 4.39 Å². The van der Waals surface area contributed by atoms with Gasteiger partial charge in [0.1, 0.15) is 11.6 Å². The molecule has 0 saturated heterocycles. The average molecular weight is 360 g/mol. The zero-order valence-electron chi connectivity index (χ0n) is 12.9. The van der Waals surface area contributed by atoms with Gasteiger partial charge in [0, 0.05) is 10.3 Å². The van der Waals surface area contributed by atoms with Gasteiger partial charge in [-0.3, -0.25) is 5.10 Å². The molecule has 3 nitrogen and oxygen atoms in total. The number of hydrogen-bond donors (Lipinski definition) is 1. The lowest BCUT2D eigenvalue weighted by molar-refractivity contribution is 0.628. The van der Waals surface area contributed by atoms with E-state index >= 15 is 0 Å². The topological polar surface area (TPSA) is 41.6 Å². The van der Waals surface area contributed by atoms with Gasteiger partial charge in [0.25, 0.3) is 0 Å². The van der Waals surface area contributed by atoms with Crippen molar-refractivity contribution in [3.63, 3.8) is 0 Å². The first-order chi connectivity index (χ1) is 11.6. The number of thioether (sulfide) groups is 1. The summed E-state index contributed by atoms with van der Waals surface area (Å²) in [5, 5.41) is 8.63. The van der Waals surface area contributed by atoms with E-state index in [-0.39, 0.29) is 11.1 Å². The van der Waals surface area contributed by atoms with Crippen molar-refractivity contribution < 1.29 is 4.39 Å². The molecule has 6 heteroatoms. The summed E-state index contributed by atoms with van der Waals surface area (Å²) in [6, 6.07) is 14.0. The van der Waals surface area contributed by atoms with E-state index in [1.807, 2.05) is 36.4 Å². The first kappa shape index (κ1) is 16.7. The van der Waals surface area contributed by atoms with Gasteiger partial charge in [0.05, 0.1) is 0 Å². The van der Waals surface area contributed by atoms with Crippen LogP contribution in [0, 0.1) is 5.82 Å². The number of rotatable bonds is 5. The maximum absolute atomic E-state index is 12.9. The van der Waals surface area contributed by atoms with Crippen molar-refractivity contribution in [2.24, 2.45) is 0 Å². The fourth-order valence-electron chi connectivity index (χ4n) is 2.16. The fourth-order valence-corrected chi connectivity index (χ4v) is 3.42. The Bertz CT molecular complexity index is 845. The lowest BCUT2D eigenvalue weighted by Crippen LogP contribution is -1.90. The first-order valence-corrected chi connectivity index (χ1v) is 8.65. The second-order valence-corrected chi connectivity index (χ2v) is 6.88. The minimum absolute atomic E-state index is 0.142. The van der Waals surface area contributed by atoms with E-state index < -0.39 is 0 Å². The summed E-state index contributed by atoms with van der Waals surface area (Å²) in [4.78, 5) is 4.43. The van der Waals surface area contributed by atoms with Gasteiger partial charge < -0.3 is 0 Å². The lowest BCUT2D eigenvalue weighted by Gasteiger charge is -2.10. The van der Waals surface area contributed by atoms with Crippen LogP contribution >= 0.6 is 23.4 Å². The van der Waals surface area contributed by atoms with Crippen molar-refractivity contribution in [1.82, 2.24) is 15.2 Å². The third-order valence-electron chi connectivity index (χ3n) is 3.41. The van der Waals surface area contributed by atoms with Crippen LogP contribution < -0.4 is 0 Å². The molecule has 0 fully saturated rings. The Hall–Kier alpha value is -2.11. The normalized spacial score (nSPS) is 12.6. The summed E-state index contributed by atoms with van der Waals surface area (Å²) in [6.07, 6.45) is 3.66. The molecule has 0 aliphatic carbocycles. The number of benzene rings is 2. The van der Waals surface area contributed by atoms with E-state index in [4.69, 9.17) is 11.6 Å². The highest BCUT2D eigenvalue weighted by molar-refractivity contribution is 7.99. The number of aromatic amines is 1. The summed E-state index contributed by atoms with van der Waals surface area (Å²) < 4.78 is 12.9. The minimum Gasteiger partial charge on any atom is -0.259 e. The highest BCUT2D eigenvalue weighted by Crippen LogP contribution is 2.36. The SMILES string of the molecule is CC(Sc1n[nH]c(C=Cc2ccc(F)cc2)n1)c1ccccc1Cl. The van der Waals surface area contributed by atoms with Gasteiger partial charge >= 0.3 is 0 Å². The summed E-state index contributed by atoms with van der Waals surface area (Å²) in [6.45, 7) is 2.07. The third kappa shape index (κ3) is 4.24. The molecule has 1 N–H and O–H groups in total. The van der Waals surface area contributed by atoms with Gasteiger partial charge in [-0.2, -0.15) is 0 Å². The maximum atomic E-state index is 12.9. The molecule has 2 aromatic carbocycles. The van der Waals surface area contributed by atoms with Gasteiger partial charge in [-0.25, -0.2) is 9.37 Å². The minimum atomic E-state index is -0.251. The van der Waals surface area contributed by atoms with Crippen LogP contribution in [-0.4, -0.2) is 15.2 Å². The van der Waals surface area contributed by atoms with Crippen molar-refractivity contribution in [3.8, 4) is 0 Å². The average Bonchev–Trinajstić information content (AvgIpc) is 3.02. The third-order valence-corrected chi connectivity index (χ3v) is 4.76. The van der Waals surface area contributed by atoms with Crippen molar-refractivity contribution in [2.75, 3.05) is 0 Å². The molecule has 0 saturated carbocycles. The molecule has 122 valence electrons. The van der Waals surface area contributed by atoms with Crippen molar-refractivity contribution in [2.45, 2.75) is 17.3 Å². The molecular weight excluding hydrogens is 345 g/mol. The molecule has 0 aliphatic heterocycles. The monoisotopic (exact) mass is 359 g/mol. The Kier molecular flexibility index (Phi) is 5.33. The molecule has 1 atom stereocenters. The molecule has 3 aromatic rings. The smallest absolute Gasteiger partial charge is 0.209 e. The van der Waals surface area contributed by atoms with Crippen LogP contribution in [0.25, 0.3) is 12.2 Å². The van der Waals surface area contributed by atoms with E-state index in [2.05, 4.69) is 22.1 Å². The van der Waals surface area contributed by atoms with Crippen molar-refractivity contribution >= 4 is 35.5 Å². The molecule has 1 unspecified atom stereocenters. The molecule has 1 heterocycles. The zero-order chi connectivity index (χ0) is 16.9. The van der Waals surface area contributed by atoms with Crippen LogP contribution in [-0.2, 0) is 0 Å². The van der Waals surface area contributed by atoms with Crippen LogP contribution in [0.3, 0.4) is 0 Å². The van der Waals surface area contributed by atoms with Gasteiger partial charge in [-0.05, 0) is 42.3 Å². The van der Waals surface area contributed by atoms with Gasteiger partial charge in [-0.15, -0.1) is 5.10 Å². The van der Waals surface area contributed by atoms with Crippen LogP contribution in [0.2, 0.25) is 5.02 Å². The van der Waals surface area contributed by atoms with E-state index in [1.165, 1.54) is 23.9 Å². The summed E-state index contributed by atoms with van der Waals surface area (Å²) in [5.41, 5.74) is 1.95. The largest absolute Gasteiger partial charge is 0.259 e. The van der Waals surface area contributed by atoms with Gasteiger partial charge in [0.15, 0.2) is 0 Å². The Morgan fingerprint density at radius 1 is 1.12 bits per heavy atom. The predicted molar refractivity (Wildman–Crippen MR) is 97.4 cm³/mol. The maximum Gasteiger partial charge on any atom is 0.209 e. The number of nitrogens with one attached hydrogen (secondary N) is 1. The zero-order valence-corrected chi connectivity index (χ0v) is 14.5. The summed E-state index contributed by atoms with van der Waals surface area (Å²) in [5.74, 6) is 0.396. The Labute approximate surface area is 149 Å². The summed E-state index contributed by atoms with van der Waals surface area (Å²) in [7, 11) is 0. The molecule has 1 aromatic heterocycles. The Balaban J connectivity index is 1.67. The number of hydrogen-bond acceptors (Lipinski definition) is 3. The highest BCUT2D eigenvalue weighted by Gasteiger charge is 2.13. The molecule has 0 amide bonds. The molecule has 0 aliphatic rings. The Morgan fingerprint density at radius 2 is 1.88 bits per heavy atom.